The molecule has 0 saturated heterocycles. The number of hydrogen-bond donors (Lipinski definition) is 3. The van der Waals surface area contributed by atoms with Crippen LogP contribution in [0.3, 0.4) is 0 Å². The Morgan fingerprint density at radius 3 is 1.74 bits per heavy atom. The third kappa shape index (κ3) is 11.6. The summed E-state index contributed by atoms with van der Waals surface area (Å²) in [6.07, 6.45) is 0. The van der Waals surface area contributed by atoms with Gasteiger partial charge in [-0.05, 0) is 54.2 Å². The maximum absolute atomic E-state index is 14.0. The highest BCUT2D eigenvalue weighted by molar-refractivity contribution is 7.84. The predicted molar refractivity (Wildman–Crippen MR) is 174 cm³/mol. The van der Waals surface area contributed by atoms with Crippen LogP contribution in [0.2, 0.25) is 0 Å². The number of carboxylic acid groups (broad SMARTS) is 1. The molecule has 4 rings (SSSR count). The topological polar surface area (TPSA) is 151 Å². The lowest BCUT2D eigenvalue weighted by Crippen LogP contribution is -2.29. The van der Waals surface area contributed by atoms with Gasteiger partial charge in [0.2, 0.25) is 0 Å². The molecular formula is C33H36BF2NO9S. The zero-order chi connectivity index (χ0) is 35.3. The molecular weight excluding hydrogens is 635 g/mol. The van der Waals surface area contributed by atoms with Crippen LogP contribution in [0.15, 0.2) is 97.1 Å². The molecule has 47 heavy (non-hydrogen) atoms. The summed E-state index contributed by atoms with van der Waals surface area (Å²) in [6, 6.07) is 26.0. The van der Waals surface area contributed by atoms with Crippen molar-refractivity contribution in [1.29, 1.82) is 0 Å². The molecule has 0 aliphatic carbocycles. The monoisotopic (exact) mass is 671 g/mol. The molecule has 0 saturated carbocycles. The number of carbonyl (C=O) groups excluding carboxylic acids is 1. The summed E-state index contributed by atoms with van der Waals surface area (Å²) in [7, 11) is -1.61. The van der Waals surface area contributed by atoms with Gasteiger partial charge >= 0.3 is 29.4 Å². The molecule has 2 unspecified atom stereocenters. The number of benzene rings is 4. The van der Waals surface area contributed by atoms with Crippen molar-refractivity contribution in [3.05, 3.63) is 120 Å². The van der Waals surface area contributed by atoms with Crippen molar-refractivity contribution in [2.24, 2.45) is 0 Å². The second-order valence-corrected chi connectivity index (χ2v) is 12.0. The van der Waals surface area contributed by atoms with Gasteiger partial charge in [-0.25, -0.2) is 8.78 Å². The highest BCUT2D eigenvalue weighted by atomic mass is 32.2. The van der Waals surface area contributed by atoms with Gasteiger partial charge in [-0.2, -0.15) is 12.7 Å². The van der Waals surface area contributed by atoms with E-state index >= 15 is 0 Å². The minimum Gasteiger partial charge on any atom is -0.481 e. The molecule has 0 heterocycles. The summed E-state index contributed by atoms with van der Waals surface area (Å²) in [5.74, 6) is -4.53. The second kappa shape index (κ2) is 17.9. The van der Waals surface area contributed by atoms with E-state index in [0.717, 1.165) is 22.0 Å². The zero-order valence-corrected chi connectivity index (χ0v) is 27.2. The van der Waals surface area contributed by atoms with Crippen LogP contribution in [0.4, 0.5) is 8.78 Å². The molecule has 0 radical (unpaired) electrons. The number of methoxy groups -OCH3 is 1. The van der Waals surface area contributed by atoms with E-state index in [0.29, 0.717) is 22.2 Å². The molecule has 0 fully saturated rings. The second-order valence-electron chi connectivity index (χ2n) is 10.2. The third-order valence-electron chi connectivity index (χ3n) is 6.70. The van der Waals surface area contributed by atoms with Crippen LogP contribution >= 0.6 is 0 Å². The van der Waals surface area contributed by atoms with E-state index in [9.17, 15) is 26.8 Å². The van der Waals surface area contributed by atoms with Gasteiger partial charge in [-0.1, -0.05) is 78.9 Å². The quantitative estimate of drug-likeness (QED) is 0.175. The Hall–Kier alpha value is -4.63. The number of esters is 1. The summed E-state index contributed by atoms with van der Waals surface area (Å²) >= 11 is 0. The lowest BCUT2D eigenvalue weighted by Gasteiger charge is -2.14. The van der Waals surface area contributed by atoms with Crippen LogP contribution in [0.1, 0.15) is 36.8 Å². The van der Waals surface area contributed by atoms with Crippen molar-refractivity contribution in [2.45, 2.75) is 25.7 Å². The molecule has 3 N–H and O–H groups in total. The number of carboxylic acids is 1. The zero-order valence-electron chi connectivity index (χ0n) is 26.4. The van der Waals surface area contributed by atoms with Crippen molar-refractivity contribution >= 4 is 34.8 Å². The van der Waals surface area contributed by atoms with E-state index in [2.05, 4.69) is 8.92 Å². The molecule has 14 heteroatoms. The van der Waals surface area contributed by atoms with Gasteiger partial charge < -0.3 is 24.1 Å². The molecule has 4 aromatic rings. The fraction of sp³-hybridized carbons (Fsp3) is 0.212. The van der Waals surface area contributed by atoms with Crippen molar-refractivity contribution in [3.63, 3.8) is 0 Å². The molecule has 0 spiro atoms. The summed E-state index contributed by atoms with van der Waals surface area (Å²) in [6.45, 7) is 3.09. The van der Waals surface area contributed by atoms with Gasteiger partial charge in [0.25, 0.3) is 0 Å². The smallest absolute Gasteiger partial charge is 0.481 e. The molecule has 0 amide bonds. The number of rotatable bonds is 9. The maximum Gasteiger partial charge on any atom is 0.488 e. The molecule has 0 aromatic heterocycles. The van der Waals surface area contributed by atoms with Crippen LogP contribution in [0.25, 0.3) is 11.1 Å². The first-order valence-electron chi connectivity index (χ1n) is 14.1. The third-order valence-corrected chi connectivity index (χ3v) is 7.98. The fourth-order valence-corrected chi connectivity index (χ4v) is 4.29. The van der Waals surface area contributed by atoms with Crippen molar-refractivity contribution in [2.75, 3.05) is 21.2 Å². The Morgan fingerprint density at radius 1 is 0.787 bits per heavy atom. The standard InChI is InChI=1S/C15H13FO2.C12H16FNO5S.C6H7BO2/c1-10(15(17)18)12-7-8-13(14(16)9-12)11-5-3-2-4-6-11;1-8(12(15)18-4)9-5-6-11(10(13)7-9)19-20(16,17)14(2)3;8-7(9)6-4-2-1-3-5-6/h2-10H,1H3,(H,17,18);5-8H,1-4H3;1-5,8-9H. The van der Waals surface area contributed by atoms with E-state index in [1.807, 2.05) is 36.4 Å². The molecule has 10 nitrogen and oxygen atoms in total. The average Bonchev–Trinajstić information content (AvgIpc) is 3.05. The highest BCUT2D eigenvalue weighted by Crippen LogP contribution is 2.27. The Balaban J connectivity index is 0.000000261. The Labute approximate surface area is 273 Å². The first-order valence-corrected chi connectivity index (χ1v) is 15.4. The van der Waals surface area contributed by atoms with Crippen LogP contribution in [0, 0.1) is 11.6 Å². The number of hydrogen-bond acceptors (Lipinski definition) is 8. The van der Waals surface area contributed by atoms with Crippen LogP contribution in [-0.2, 0) is 24.6 Å². The number of ether oxygens (including phenoxy) is 1. The molecule has 0 bridgehead atoms. The largest absolute Gasteiger partial charge is 0.488 e. The molecule has 250 valence electrons. The molecule has 0 aliphatic heterocycles. The van der Waals surface area contributed by atoms with Crippen LogP contribution in [-0.4, -0.2) is 68.1 Å². The van der Waals surface area contributed by atoms with E-state index in [-0.39, 0.29) is 0 Å². The van der Waals surface area contributed by atoms with Gasteiger partial charge in [-0.15, -0.1) is 0 Å². The Kier molecular flexibility index (Phi) is 14.7. The summed E-state index contributed by atoms with van der Waals surface area (Å²) in [5.41, 5.74) is 2.63. The Morgan fingerprint density at radius 2 is 1.30 bits per heavy atom. The van der Waals surface area contributed by atoms with Gasteiger partial charge in [0.05, 0.1) is 18.9 Å². The van der Waals surface area contributed by atoms with Gasteiger partial charge in [0.1, 0.15) is 5.82 Å². The first kappa shape index (κ1) is 38.6. The lowest BCUT2D eigenvalue weighted by molar-refractivity contribution is -0.142. The van der Waals surface area contributed by atoms with E-state index in [4.69, 9.17) is 15.2 Å². The van der Waals surface area contributed by atoms with E-state index in [1.54, 1.807) is 50.2 Å². The van der Waals surface area contributed by atoms with Gasteiger partial charge in [0, 0.05) is 19.7 Å². The predicted octanol–water partition coefficient (Wildman–Crippen LogP) is 4.33. The fourth-order valence-electron chi connectivity index (χ4n) is 3.78. The number of halogens is 2. The van der Waals surface area contributed by atoms with Crippen molar-refractivity contribution in [1.82, 2.24) is 4.31 Å². The van der Waals surface area contributed by atoms with Crippen molar-refractivity contribution < 1.29 is 50.9 Å². The average molecular weight is 672 g/mol. The highest BCUT2D eigenvalue weighted by Gasteiger charge is 2.21. The minimum absolute atomic E-state index is 0.365. The maximum atomic E-state index is 14.0. The van der Waals surface area contributed by atoms with Crippen molar-refractivity contribution in [3.8, 4) is 16.9 Å². The Bertz CT molecular complexity index is 1730. The van der Waals surface area contributed by atoms with E-state index in [1.165, 1.54) is 33.3 Å². The number of aliphatic carboxylic acids is 1. The lowest BCUT2D eigenvalue weighted by atomic mass is 9.81. The normalized spacial score (nSPS) is 12.0. The van der Waals surface area contributed by atoms with Crippen LogP contribution < -0.4 is 9.65 Å². The number of nitrogens with zero attached hydrogens (tertiary/aromatic N) is 1. The SMILES string of the molecule is CC(C(=O)O)c1ccc(-c2ccccc2)c(F)c1.COC(=O)C(C)c1ccc(OS(=O)(=O)N(C)C)c(F)c1.OB(O)c1ccccc1. The molecule has 0 aliphatic rings. The van der Waals surface area contributed by atoms with Gasteiger partial charge in [-0.3, -0.25) is 9.59 Å². The number of carbonyl (C=O) groups is 2. The summed E-state index contributed by atoms with van der Waals surface area (Å²) < 4.78 is 60.7. The van der Waals surface area contributed by atoms with Gasteiger partial charge in [0.15, 0.2) is 11.6 Å². The molecule has 2 atom stereocenters. The minimum atomic E-state index is -4.03. The first-order chi connectivity index (χ1) is 22.1. The summed E-state index contributed by atoms with van der Waals surface area (Å²) in [4.78, 5) is 22.2. The summed E-state index contributed by atoms with van der Waals surface area (Å²) in [5, 5.41) is 26.0. The molecule has 4 aromatic carbocycles. The van der Waals surface area contributed by atoms with E-state index < -0.39 is 58.6 Å². The van der Waals surface area contributed by atoms with Crippen LogP contribution in [0.5, 0.6) is 5.75 Å².